The van der Waals surface area contributed by atoms with Gasteiger partial charge in [0.05, 0.1) is 6.61 Å². The van der Waals surface area contributed by atoms with Crippen LogP contribution < -0.4 is 5.32 Å². The van der Waals surface area contributed by atoms with Gasteiger partial charge in [-0.05, 0) is 50.1 Å². The van der Waals surface area contributed by atoms with Crippen LogP contribution in [0.15, 0.2) is 0 Å². The van der Waals surface area contributed by atoms with Gasteiger partial charge in [-0.25, -0.2) is 0 Å². The lowest BCUT2D eigenvalue weighted by atomic mass is 9.68. The third-order valence-electron chi connectivity index (χ3n) is 5.67. The van der Waals surface area contributed by atoms with Crippen LogP contribution in [0.1, 0.15) is 46.5 Å². The monoisotopic (exact) mass is 268 g/mol. The molecule has 2 rings (SSSR count). The van der Waals surface area contributed by atoms with Crippen LogP contribution >= 0.6 is 0 Å². The van der Waals surface area contributed by atoms with Gasteiger partial charge in [0.15, 0.2) is 0 Å². The summed E-state index contributed by atoms with van der Waals surface area (Å²) in [6.45, 7) is 9.72. The highest BCUT2D eigenvalue weighted by atomic mass is 16.3. The molecule has 19 heavy (non-hydrogen) atoms. The Kier molecular flexibility index (Phi) is 4.91. The Morgan fingerprint density at radius 2 is 2.05 bits per heavy atom. The topological polar surface area (TPSA) is 35.5 Å². The van der Waals surface area contributed by atoms with Crippen molar-refractivity contribution in [3.05, 3.63) is 0 Å². The average Bonchev–Trinajstić information content (AvgIpc) is 2.69. The third-order valence-corrected chi connectivity index (χ3v) is 5.67. The summed E-state index contributed by atoms with van der Waals surface area (Å²) in [6.07, 6.45) is 5.25. The van der Waals surface area contributed by atoms with Gasteiger partial charge in [-0.1, -0.05) is 27.2 Å². The van der Waals surface area contributed by atoms with Crippen LogP contribution in [0.2, 0.25) is 0 Å². The molecule has 1 saturated heterocycles. The van der Waals surface area contributed by atoms with Crippen LogP contribution in [0, 0.1) is 17.3 Å². The zero-order valence-electron chi connectivity index (χ0n) is 13.2. The summed E-state index contributed by atoms with van der Waals surface area (Å²) in [5, 5.41) is 13.2. The number of hydrogen-bond acceptors (Lipinski definition) is 3. The molecule has 3 heteroatoms. The Morgan fingerprint density at radius 1 is 1.32 bits per heavy atom. The first-order chi connectivity index (χ1) is 8.99. The highest BCUT2D eigenvalue weighted by Crippen LogP contribution is 2.40. The molecule has 4 unspecified atom stereocenters. The number of aliphatic hydroxyl groups is 1. The molecule has 0 bridgehead atoms. The van der Waals surface area contributed by atoms with Crippen molar-refractivity contribution in [1.82, 2.24) is 10.2 Å². The normalized spacial score (nSPS) is 39.6. The number of rotatable bonds is 4. The number of hydrogen-bond donors (Lipinski definition) is 2. The van der Waals surface area contributed by atoms with Gasteiger partial charge in [0, 0.05) is 18.6 Å². The molecule has 0 aromatic heterocycles. The van der Waals surface area contributed by atoms with E-state index < -0.39 is 0 Å². The van der Waals surface area contributed by atoms with E-state index in [1.54, 1.807) is 0 Å². The zero-order chi connectivity index (χ0) is 14.0. The van der Waals surface area contributed by atoms with Gasteiger partial charge in [-0.2, -0.15) is 0 Å². The summed E-state index contributed by atoms with van der Waals surface area (Å²) in [4.78, 5) is 2.54. The van der Waals surface area contributed by atoms with E-state index in [4.69, 9.17) is 0 Å². The third kappa shape index (κ3) is 3.14. The maximum absolute atomic E-state index is 9.60. The Morgan fingerprint density at radius 3 is 2.68 bits per heavy atom. The van der Waals surface area contributed by atoms with Gasteiger partial charge in [0.2, 0.25) is 0 Å². The zero-order valence-corrected chi connectivity index (χ0v) is 13.2. The summed E-state index contributed by atoms with van der Waals surface area (Å²) in [5.74, 6) is 1.38. The van der Waals surface area contributed by atoms with Crippen LogP contribution in [-0.2, 0) is 0 Å². The number of nitrogens with zero attached hydrogens (tertiary/aromatic N) is 1. The largest absolute Gasteiger partial charge is 0.395 e. The first kappa shape index (κ1) is 15.3. The number of aliphatic hydroxyl groups excluding tert-OH is 1. The molecule has 2 aliphatic rings. The molecule has 0 aromatic carbocycles. The molecule has 0 radical (unpaired) electrons. The minimum atomic E-state index is 0.321. The maximum atomic E-state index is 9.60. The molecular weight excluding hydrogens is 236 g/mol. The highest BCUT2D eigenvalue weighted by molar-refractivity contribution is 4.95. The Hall–Kier alpha value is -0.120. The molecule has 112 valence electrons. The molecule has 0 amide bonds. The fourth-order valence-corrected chi connectivity index (χ4v) is 4.51. The van der Waals surface area contributed by atoms with E-state index in [-0.39, 0.29) is 0 Å². The van der Waals surface area contributed by atoms with Crippen LogP contribution in [-0.4, -0.2) is 48.8 Å². The predicted molar refractivity (Wildman–Crippen MR) is 80.2 cm³/mol. The summed E-state index contributed by atoms with van der Waals surface area (Å²) >= 11 is 0. The second-order valence-corrected chi connectivity index (χ2v) is 7.42. The Balaban J connectivity index is 2.01. The van der Waals surface area contributed by atoms with Crippen molar-refractivity contribution in [1.29, 1.82) is 0 Å². The second-order valence-electron chi connectivity index (χ2n) is 7.42. The molecule has 1 aliphatic carbocycles. The lowest BCUT2D eigenvalue weighted by Crippen LogP contribution is -2.52. The molecule has 1 aliphatic heterocycles. The molecule has 1 saturated carbocycles. The molecule has 0 spiro atoms. The molecule has 1 heterocycles. The van der Waals surface area contributed by atoms with Crippen LogP contribution in [0.4, 0.5) is 0 Å². The fraction of sp³-hybridized carbons (Fsp3) is 1.00. The minimum Gasteiger partial charge on any atom is -0.395 e. The molecule has 2 fully saturated rings. The van der Waals surface area contributed by atoms with Crippen molar-refractivity contribution in [3.63, 3.8) is 0 Å². The van der Waals surface area contributed by atoms with Crippen molar-refractivity contribution >= 4 is 0 Å². The lowest BCUT2D eigenvalue weighted by molar-refractivity contribution is 0.0629. The second kappa shape index (κ2) is 6.11. The molecular formula is C16H32N2O. The van der Waals surface area contributed by atoms with Crippen molar-refractivity contribution in [2.24, 2.45) is 17.3 Å². The summed E-state index contributed by atoms with van der Waals surface area (Å²) in [7, 11) is 2.11. The van der Waals surface area contributed by atoms with Crippen LogP contribution in [0.5, 0.6) is 0 Å². The van der Waals surface area contributed by atoms with E-state index in [2.05, 4.69) is 38.0 Å². The van der Waals surface area contributed by atoms with Gasteiger partial charge in [0.1, 0.15) is 0 Å². The quantitative estimate of drug-likeness (QED) is 0.820. The van der Waals surface area contributed by atoms with E-state index in [0.29, 0.717) is 30.0 Å². The number of likely N-dealkylation sites (tertiary alicyclic amines) is 1. The SMILES string of the molecule is CNC1C(CN2CCC(C)C2CO)CCCC1(C)C. The van der Waals surface area contributed by atoms with E-state index in [9.17, 15) is 5.11 Å². The van der Waals surface area contributed by atoms with E-state index in [1.165, 1.54) is 32.2 Å². The van der Waals surface area contributed by atoms with Gasteiger partial charge >= 0.3 is 0 Å². The first-order valence-corrected chi connectivity index (χ1v) is 8.01. The number of nitrogens with one attached hydrogen (secondary N) is 1. The smallest absolute Gasteiger partial charge is 0.0589 e. The van der Waals surface area contributed by atoms with Gasteiger partial charge < -0.3 is 10.4 Å². The summed E-state index contributed by atoms with van der Waals surface area (Å²) < 4.78 is 0. The molecule has 2 N–H and O–H groups in total. The Labute approximate surface area is 118 Å². The minimum absolute atomic E-state index is 0.321. The van der Waals surface area contributed by atoms with Crippen molar-refractivity contribution < 1.29 is 5.11 Å². The van der Waals surface area contributed by atoms with Gasteiger partial charge in [-0.3, -0.25) is 4.90 Å². The van der Waals surface area contributed by atoms with Crippen molar-refractivity contribution in [2.45, 2.75) is 58.5 Å². The first-order valence-electron chi connectivity index (χ1n) is 8.01. The van der Waals surface area contributed by atoms with Gasteiger partial charge in [-0.15, -0.1) is 0 Å². The van der Waals surface area contributed by atoms with Gasteiger partial charge in [0.25, 0.3) is 0 Å². The molecule has 0 aromatic rings. The predicted octanol–water partition coefficient (Wildman–Crippen LogP) is 2.10. The van der Waals surface area contributed by atoms with Crippen LogP contribution in [0.25, 0.3) is 0 Å². The lowest BCUT2D eigenvalue weighted by Gasteiger charge is -2.45. The van der Waals surface area contributed by atoms with Crippen molar-refractivity contribution in [2.75, 3.05) is 26.7 Å². The van der Waals surface area contributed by atoms with E-state index >= 15 is 0 Å². The fourth-order valence-electron chi connectivity index (χ4n) is 4.51. The summed E-state index contributed by atoms with van der Waals surface area (Å²) in [6, 6.07) is 0.999. The highest BCUT2D eigenvalue weighted by Gasteiger charge is 2.40. The maximum Gasteiger partial charge on any atom is 0.0589 e. The standard InChI is InChI=1S/C16H32N2O/c1-12-7-9-18(14(12)11-19)10-13-6-5-8-16(2,3)15(13)17-4/h12-15,17,19H,5-11H2,1-4H3. The van der Waals surface area contributed by atoms with Crippen molar-refractivity contribution in [3.8, 4) is 0 Å². The molecule has 4 atom stereocenters. The summed E-state index contributed by atoms with van der Waals surface area (Å²) in [5.41, 5.74) is 0.401. The van der Waals surface area contributed by atoms with Crippen LogP contribution in [0.3, 0.4) is 0 Å². The average molecular weight is 268 g/mol. The Bertz CT molecular complexity index is 292. The van der Waals surface area contributed by atoms with E-state index in [1.807, 2.05) is 0 Å². The van der Waals surface area contributed by atoms with E-state index in [0.717, 1.165) is 12.5 Å². The molecule has 3 nitrogen and oxygen atoms in total.